The van der Waals surface area contributed by atoms with Crippen molar-refractivity contribution in [2.45, 2.75) is 61.7 Å². The minimum absolute atomic E-state index is 0. The van der Waals surface area contributed by atoms with Crippen LogP contribution in [0, 0.1) is 0 Å². The quantitative estimate of drug-likeness (QED) is 0.0426. The number of carbonyl (C=O) groups excluding carboxylic acids is 2. The van der Waals surface area contributed by atoms with Crippen molar-refractivity contribution in [2.24, 2.45) is 0 Å². The van der Waals surface area contributed by atoms with Gasteiger partial charge in [0.05, 0.1) is 62.4 Å². The summed E-state index contributed by atoms with van der Waals surface area (Å²) >= 11 is 12.2. The van der Waals surface area contributed by atoms with E-state index in [-0.39, 0.29) is 64.7 Å². The monoisotopic (exact) mass is 1240 g/mol. The Hall–Kier alpha value is -8.00. The van der Waals surface area contributed by atoms with E-state index in [1.54, 1.807) is 104 Å². The standard InChI is InChI=1S/C32H33ClN2O7S.C30H29ClN2O7S.Li.H2O/c1-22(19-31(36)41-3)34(20-23-9-11-24(33)12-10-23)29-17-18-30(28-8-6-5-7-27(28)29)35(21-32(37)42-4)43(38,39)26-15-13-25(40-2)14-16-26;1-20(17-29(34)35)32(18-21-7-9-22(31)10-8-21)27-15-16-28(26-6-4-3-5-25(26)27)33(19-30(36)37)41(38,39)24-13-11-23(40-2)12-14-24;;/h5-18,22H,19-21H2,1-4H3;3-16,20H,17-19H2,1-2H3,(H,34,35)(H,36,37);;1H2/q;;+1;/p-1/t22-;20-;;/m00../s1. The van der Waals surface area contributed by atoms with E-state index in [9.17, 15) is 46.2 Å². The van der Waals surface area contributed by atoms with Crippen LogP contribution in [0.4, 0.5) is 22.7 Å². The van der Waals surface area contributed by atoms with Crippen LogP contribution in [0.1, 0.15) is 37.8 Å². The second kappa shape index (κ2) is 30.9. The smallest absolute Gasteiger partial charge is 0.870 e. The number of methoxy groups -OCH3 is 4. The molecule has 0 unspecified atom stereocenters. The molecule has 3 N–H and O–H groups in total. The van der Waals surface area contributed by atoms with Crippen molar-refractivity contribution in [1.82, 2.24) is 0 Å². The Kier molecular flexibility index (Phi) is 24.7. The van der Waals surface area contributed by atoms with Gasteiger partial charge in [-0.1, -0.05) is 96.0 Å². The summed E-state index contributed by atoms with van der Waals surface area (Å²) in [5, 5.41) is 22.9. The summed E-state index contributed by atoms with van der Waals surface area (Å²) in [6.07, 6.45) is -0.0128. The van der Waals surface area contributed by atoms with E-state index in [0.29, 0.717) is 62.2 Å². The fourth-order valence-corrected chi connectivity index (χ4v) is 12.6. The number of nitrogens with zero attached hydrogens (tertiary/aromatic N) is 4. The number of benzene rings is 8. The molecule has 0 heterocycles. The van der Waals surface area contributed by atoms with Gasteiger partial charge in [-0.15, -0.1) is 0 Å². The van der Waals surface area contributed by atoms with Crippen molar-refractivity contribution in [1.29, 1.82) is 0 Å². The third-order valence-electron chi connectivity index (χ3n) is 13.7. The number of halogens is 2. The first kappa shape index (κ1) is 68.8. The molecule has 0 aliphatic carbocycles. The van der Waals surface area contributed by atoms with Gasteiger partial charge in [0.15, 0.2) is 0 Å². The summed E-state index contributed by atoms with van der Waals surface area (Å²) in [7, 11) is -2.99. The minimum Gasteiger partial charge on any atom is -0.870 e. The third-order valence-corrected chi connectivity index (χ3v) is 17.8. The van der Waals surface area contributed by atoms with Gasteiger partial charge in [-0.25, -0.2) is 16.8 Å². The Labute approximate surface area is 521 Å². The first-order valence-electron chi connectivity index (χ1n) is 26.1. The van der Waals surface area contributed by atoms with Gasteiger partial charge in [0.25, 0.3) is 20.0 Å². The van der Waals surface area contributed by atoms with Gasteiger partial charge in [0.2, 0.25) is 0 Å². The molecule has 8 rings (SSSR count). The van der Waals surface area contributed by atoms with Gasteiger partial charge in [0, 0.05) is 68.1 Å². The number of rotatable bonds is 24. The van der Waals surface area contributed by atoms with E-state index in [0.717, 1.165) is 30.8 Å². The van der Waals surface area contributed by atoms with Crippen LogP contribution in [-0.4, -0.2) is 110 Å². The van der Waals surface area contributed by atoms with Gasteiger partial charge < -0.3 is 44.4 Å². The van der Waals surface area contributed by atoms with E-state index in [1.807, 2.05) is 48.2 Å². The number of sulfonamides is 2. The van der Waals surface area contributed by atoms with Gasteiger partial charge in [-0.2, -0.15) is 0 Å². The Balaban J connectivity index is 0.000000307. The van der Waals surface area contributed by atoms with Crippen molar-refractivity contribution in [2.75, 3.05) is 59.9 Å². The molecule has 0 aliphatic heterocycles. The molecule has 0 aromatic heterocycles. The number of carbonyl (C=O) groups is 4. The van der Waals surface area contributed by atoms with Gasteiger partial charge in [0.1, 0.15) is 24.6 Å². The minimum atomic E-state index is -4.29. The molecule has 0 amide bonds. The van der Waals surface area contributed by atoms with Crippen LogP contribution >= 0.6 is 23.2 Å². The zero-order valence-corrected chi connectivity index (χ0v) is 51.3. The zero-order valence-electron chi connectivity index (χ0n) is 48.2. The fraction of sp³-hybridized carbons (Fsp3) is 0.226. The van der Waals surface area contributed by atoms with E-state index in [2.05, 4.69) is 4.90 Å². The first-order valence-corrected chi connectivity index (χ1v) is 29.7. The molecule has 0 bridgehead atoms. The van der Waals surface area contributed by atoms with E-state index in [4.69, 9.17) is 42.1 Å². The molecular formula is C62H63Cl2LiN4O15S2. The third kappa shape index (κ3) is 16.7. The summed E-state index contributed by atoms with van der Waals surface area (Å²) in [6.45, 7) is 3.18. The van der Waals surface area contributed by atoms with Gasteiger partial charge >= 0.3 is 42.7 Å². The van der Waals surface area contributed by atoms with Gasteiger partial charge in [-0.3, -0.25) is 27.8 Å². The van der Waals surface area contributed by atoms with Crippen molar-refractivity contribution >= 4 is 111 Å². The van der Waals surface area contributed by atoms with Crippen molar-refractivity contribution in [3.05, 3.63) is 191 Å². The maximum Gasteiger partial charge on any atom is 1.00 e. The molecule has 0 radical (unpaired) electrons. The molecule has 8 aromatic rings. The normalized spacial score (nSPS) is 11.7. The summed E-state index contributed by atoms with van der Waals surface area (Å²) in [4.78, 5) is 52.3. The summed E-state index contributed by atoms with van der Waals surface area (Å²) in [5.41, 5.74) is 3.78. The summed E-state index contributed by atoms with van der Waals surface area (Å²) < 4.78 is 77.5. The average molecular weight is 1250 g/mol. The van der Waals surface area contributed by atoms with Gasteiger partial charge in [-0.05, 0) is 122 Å². The maximum absolute atomic E-state index is 14.0. The Morgan fingerprint density at radius 2 is 0.791 bits per heavy atom. The van der Waals surface area contributed by atoms with Crippen LogP contribution in [0.5, 0.6) is 11.5 Å². The largest absolute Gasteiger partial charge is 1.00 e. The molecule has 8 aromatic carbocycles. The first-order chi connectivity index (χ1) is 40.1. The molecule has 24 heteroatoms. The van der Waals surface area contributed by atoms with E-state index in [1.165, 1.54) is 64.8 Å². The van der Waals surface area contributed by atoms with Crippen LogP contribution in [0.2, 0.25) is 10.0 Å². The molecule has 0 saturated carbocycles. The number of ether oxygens (including phenoxy) is 4. The van der Waals surface area contributed by atoms with E-state index < -0.39 is 57.1 Å². The summed E-state index contributed by atoms with van der Waals surface area (Å²) in [5.74, 6) is -2.41. The molecule has 0 aliphatic rings. The zero-order chi connectivity index (χ0) is 60.9. The molecule has 19 nitrogen and oxygen atoms in total. The van der Waals surface area contributed by atoms with Crippen LogP contribution in [0.15, 0.2) is 180 Å². The molecule has 2 atom stereocenters. The summed E-state index contributed by atoms with van der Waals surface area (Å²) in [6, 6.07) is 46.7. The number of fused-ring (bicyclic) bond motifs is 2. The Bertz CT molecular complexity index is 3870. The molecule has 448 valence electrons. The number of carboxylic acids is 2. The second-order valence-electron chi connectivity index (χ2n) is 19.2. The number of hydrogen-bond donors (Lipinski definition) is 2. The molecule has 0 spiro atoms. The van der Waals surface area contributed by atoms with Crippen LogP contribution in [0.25, 0.3) is 21.5 Å². The van der Waals surface area contributed by atoms with Crippen LogP contribution < -0.4 is 46.7 Å². The van der Waals surface area contributed by atoms with E-state index >= 15 is 0 Å². The maximum atomic E-state index is 14.0. The number of esters is 2. The second-order valence-corrected chi connectivity index (χ2v) is 23.8. The topological polar surface area (TPSA) is 257 Å². The molecule has 0 fully saturated rings. The van der Waals surface area contributed by atoms with Crippen LogP contribution in [-0.2, 0) is 61.8 Å². The predicted molar refractivity (Wildman–Crippen MR) is 328 cm³/mol. The number of aliphatic carboxylic acids is 2. The SMILES string of the molecule is COC(=O)C[C@H](C)N(Cc1ccc(Cl)cc1)c1ccc(N(CC(=O)OC)S(=O)(=O)c2ccc(OC)cc2)c2ccccc12.COc1ccc(S(=O)(=O)N(CC(=O)O)c2ccc(N(Cc3ccc(Cl)cc3)[C@@H](C)CC(=O)O)c3ccccc23)cc1.[Li+].[OH-]. The number of carboxylic acid groups (broad SMARTS) is 2. The fourth-order valence-electron chi connectivity index (χ4n) is 9.45. The molecular weight excluding hydrogens is 1180 g/mol. The Morgan fingerprint density at radius 1 is 0.453 bits per heavy atom. The number of hydrogen-bond acceptors (Lipinski definition) is 15. The van der Waals surface area contributed by atoms with Crippen LogP contribution in [0.3, 0.4) is 0 Å². The molecule has 0 saturated heterocycles. The number of anilines is 4. The predicted octanol–water partition coefficient (Wildman–Crippen LogP) is 8.31. The van der Waals surface area contributed by atoms with Crippen molar-refractivity contribution < 1.29 is 89.5 Å². The van der Waals surface area contributed by atoms with Crippen molar-refractivity contribution in [3.8, 4) is 11.5 Å². The molecule has 86 heavy (non-hydrogen) atoms. The Morgan fingerprint density at radius 3 is 1.13 bits per heavy atom. The average Bonchev–Trinajstić information content (AvgIpc) is 1.49. The van der Waals surface area contributed by atoms with Crippen molar-refractivity contribution in [3.63, 3.8) is 0 Å².